The molecule has 1 aromatic rings. The monoisotopic (exact) mass is 182 g/mol. The van der Waals surface area contributed by atoms with Crippen molar-refractivity contribution in [3.63, 3.8) is 0 Å². The lowest BCUT2D eigenvalue weighted by Gasteiger charge is -2.11. The summed E-state index contributed by atoms with van der Waals surface area (Å²) in [4.78, 5) is 10.7. The van der Waals surface area contributed by atoms with Gasteiger partial charge in [-0.1, -0.05) is 0 Å². The van der Waals surface area contributed by atoms with Gasteiger partial charge in [0.1, 0.15) is 0 Å². The van der Waals surface area contributed by atoms with Crippen LogP contribution in [0.15, 0.2) is 29.3 Å². The number of pyridine rings is 1. The van der Waals surface area contributed by atoms with E-state index in [1.165, 1.54) is 12.1 Å². The maximum atomic E-state index is 10.7. The van der Waals surface area contributed by atoms with E-state index in [0.29, 0.717) is 13.1 Å². The predicted octanol–water partition coefficient (Wildman–Crippen LogP) is -0.571. The fourth-order valence-corrected chi connectivity index (χ4v) is 1.11. The third-order valence-corrected chi connectivity index (χ3v) is 1.72. The summed E-state index contributed by atoms with van der Waals surface area (Å²) in [5.41, 5.74) is -0.0145. The minimum Gasteiger partial charge on any atom is -0.390 e. The first-order chi connectivity index (χ1) is 6.22. The molecule has 72 valence electrons. The number of hydrogen-bond donors (Lipinski definition) is 2. The Balaban J connectivity index is 2.54. The molecule has 1 aromatic heterocycles. The Bertz CT molecular complexity index is 288. The molecule has 0 aromatic carbocycles. The van der Waals surface area contributed by atoms with Gasteiger partial charge in [0.25, 0.3) is 0 Å². The molecule has 0 bridgehead atoms. The van der Waals surface area contributed by atoms with Crippen LogP contribution in [0.2, 0.25) is 0 Å². The average Bonchev–Trinajstić information content (AvgIpc) is 2.09. The molecular formula is C9H14N2O2. The highest BCUT2D eigenvalue weighted by molar-refractivity contribution is 4.93. The first kappa shape index (κ1) is 9.95. The lowest BCUT2D eigenvalue weighted by Crippen LogP contribution is -2.27. The van der Waals surface area contributed by atoms with Crippen LogP contribution in [0.3, 0.4) is 0 Å². The molecule has 0 saturated heterocycles. The van der Waals surface area contributed by atoms with Gasteiger partial charge in [0, 0.05) is 37.6 Å². The van der Waals surface area contributed by atoms with E-state index in [2.05, 4.69) is 5.32 Å². The van der Waals surface area contributed by atoms with Crippen molar-refractivity contribution in [3.05, 3.63) is 34.7 Å². The van der Waals surface area contributed by atoms with Crippen molar-refractivity contribution < 1.29 is 5.11 Å². The van der Waals surface area contributed by atoms with Crippen LogP contribution >= 0.6 is 0 Å². The Kier molecular flexibility index (Phi) is 3.67. The van der Waals surface area contributed by atoms with Gasteiger partial charge in [-0.3, -0.25) is 4.79 Å². The van der Waals surface area contributed by atoms with Crippen LogP contribution < -0.4 is 10.7 Å². The van der Waals surface area contributed by atoms with E-state index in [0.717, 1.165) is 0 Å². The third-order valence-electron chi connectivity index (χ3n) is 1.72. The molecule has 0 radical (unpaired) electrons. The van der Waals surface area contributed by atoms with Crippen molar-refractivity contribution in [1.29, 1.82) is 0 Å². The quantitative estimate of drug-likeness (QED) is 0.655. The zero-order valence-electron chi connectivity index (χ0n) is 7.60. The number of hydrogen-bond acceptors (Lipinski definition) is 3. The van der Waals surface area contributed by atoms with Gasteiger partial charge >= 0.3 is 0 Å². The zero-order chi connectivity index (χ0) is 9.68. The zero-order valence-corrected chi connectivity index (χ0v) is 7.60. The van der Waals surface area contributed by atoms with Gasteiger partial charge in [0.15, 0.2) is 5.43 Å². The second-order valence-electron chi connectivity index (χ2n) is 2.94. The molecule has 1 atom stereocenters. The van der Waals surface area contributed by atoms with E-state index < -0.39 is 6.10 Å². The summed E-state index contributed by atoms with van der Waals surface area (Å²) in [6.07, 6.45) is 2.91. The van der Waals surface area contributed by atoms with Crippen molar-refractivity contribution in [2.45, 2.75) is 12.6 Å². The first-order valence-electron chi connectivity index (χ1n) is 4.21. The molecule has 4 heteroatoms. The lowest BCUT2D eigenvalue weighted by atomic mass is 10.3. The summed E-state index contributed by atoms with van der Waals surface area (Å²) in [5, 5.41) is 12.3. The van der Waals surface area contributed by atoms with E-state index in [4.69, 9.17) is 0 Å². The Hall–Kier alpha value is -1.13. The number of aliphatic hydroxyl groups is 1. The van der Waals surface area contributed by atoms with Gasteiger partial charge in [-0.25, -0.2) is 0 Å². The standard InChI is InChI=1S/C9H14N2O2/c1-10-6-9(13)7-11-4-2-8(12)3-5-11/h2-5,9-10,13H,6-7H2,1H3. The second-order valence-corrected chi connectivity index (χ2v) is 2.94. The molecule has 0 spiro atoms. The number of likely N-dealkylation sites (N-methyl/N-ethyl adjacent to an activating group) is 1. The molecule has 1 unspecified atom stereocenters. The van der Waals surface area contributed by atoms with Crippen LogP contribution in [-0.4, -0.2) is 29.4 Å². The summed E-state index contributed by atoms with van der Waals surface area (Å²) < 4.78 is 1.78. The number of aromatic nitrogens is 1. The van der Waals surface area contributed by atoms with Gasteiger partial charge in [-0.05, 0) is 7.05 Å². The summed E-state index contributed by atoms with van der Waals surface area (Å²) in [5.74, 6) is 0. The summed E-state index contributed by atoms with van der Waals surface area (Å²) >= 11 is 0. The Morgan fingerprint density at radius 3 is 2.69 bits per heavy atom. The van der Waals surface area contributed by atoms with Gasteiger partial charge < -0.3 is 15.0 Å². The van der Waals surface area contributed by atoms with Gasteiger partial charge in [-0.15, -0.1) is 0 Å². The van der Waals surface area contributed by atoms with E-state index in [1.54, 1.807) is 24.0 Å². The molecule has 1 heterocycles. The minimum atomic E-state index is -0.424. The molecule has 0 aliphatic rings. The Morgan fingerprint density at radius 2 is 2.15 bits per heavy atom. The highest BCUT2D eigenvalue weighted by atomic mass is 16.3. The van der Waals surface area contributed by atoms with Crippen molar-refractivity contribution in [1.82, 2.24) is 9.88 Å². The van der Waals surface area contributed by atoms with E-state index in [-0.39, 0.29) is 5.43 Å². The molecule has 13 heavy (non-hydrogen) atoms. The number of nitrogens with one attached hydrogen (secondary N) is 1. The van der Waals surface area contributed by atoms with Crippen LogP contribution in [0.4, 0.5) is 0 Å². The maximum absolute atomic E-state index is 10.7. The molecule has 1 rings (SSSR count). The molecule has 0 aliphatic heterocycles. The summed E-state index contributed by atoms with van der Waals surface area (Å²) in [7, 11) is 1.79. The lowest BCUT2D eigenvalue weighted by molar-refractivity contribution is 0.154. The van der Waals surface area contributed by atoms with Gasteiger partial charge in [-0.2, -0.15) is 0 Å². The molecule has 0 saturated carbocycles. The van der Waals surface area contributed by atoms with Crippen LogP contribution in [-0.2, 0) is 6.54 Å². The van der Waals surface area contributed by atoms with E-state index in [9.17, 15) is 9.90 Å². The first-order valence-corrected chi connectivity index (χ1v) is 4.21. The molecule has 0 aliphatic carbocycles. The molecule has 2 N–H and O–H groups in total. The minimum absolute atomic E-state index is 0.0145. The third kappa shape index (κ3) is 3.40. The van der Waals surface area contributed by atoms with Crippen molar-refractivity contribution in [2.75, 3.05) is 13.6 Å². The highest BCUT2D eigenvalue weighted by Gasteiger charge is 2.01. The van der Waals surface area contributed by atoms with Crippen LogP contribution in [0.25, 0.3) is 0 Å². The number of rotatable bonds is 4. The Labute approximate surface area is 76.8 Å². The maximum Gasteiger partial charge on any atom is 0.181 e. The van der Waals surface area contributed by atoms with Crippen LogP contribution in [0, 0.1) is 0 Å². The highest BCUT2D eigenvalue weighted by Crippen LogP contribution is 1.89. The molecule has 4 nitrogen and oxygen atoms in total. The topological polar surface area (TPSA) is 54.3 Å². The van der Waals surface area contributed by atoms with Crippen molar-refractivity contribution >= 4 is 0 Å². The average molecular weight is 182 g/mol. The molecule has 0 fully saturated rings. The van der Waals surface area contributed by atoms with E-state index in [1.807, 2.05) is 0 Å². The summed E-state index contributed by atoms with van der Waals surface area (Å²) in [6.45, 7) is 1.05. The summed E-state index contributed by atoms with van der Waals surface area (Å²) in [6, 6.07) is 2.96. The van der Waals surface area contributed by atoms with Crippen LogP contribution in [0.5, 0.6) is 0 Å². The predicted molar refractivity (Wildman–Crippen MR) is 50.6 cm³/mol. The van der Waals surface area contributed by atoms with Gasteiger partial charge in [0.2, 0.25) is 0 Å². The second kappa shape index (κ2) is 4.79. The smallest absolute Gasteiger partial charge is 0.181 e. The normalized spacial score (nSPS) is 12.8. The van der Waals surface area contributed by atoms with Crippen LogP contribution in [0.1, 0.15) is 0 Å². The van der Waals surface area contributed by atoms with Crippen molar-refractivity contribution in [3.8, 4) is 0 Å². The van der Waals surface area contributed by atoms with Gasteiger partial charge in [0.05, 0.1) is 6.10 Å². The van der Waals surface area contributed by atoms with E-state index >= 15 is 0 Å². The molecule has 0 amide bonds. The van der Waals surface area contributed by atoms with Crippen molar-refractivity contribution in [2.24, 2.45) is 0 Å². The largest absolute Gasteiger partial charge is 0.390 e. The fraction of sp³-hybridized carbons (Fsp3) is 0.444. The fourth-order valence-electron chi connectivity index (χ4n) is 1.11. The number of aliphatic hydroxyl groups excluding tert-OH is 1. The Morgan fingerprint density at radius 1 is 1.54 bits per heavy atom. The molecular weight excluding hydrogens is 168 g/mol. The SMILES string of the molecule is CNCC(O)Cn1ccc(=O)cc1. The number of nitrogens with zero attached hydrogens (tertiary/aromatic N) is 1.